The van der Waals surface area contributed by atoms with Crippen molar-refractivity contribution in [2.24, 2.45) is 0 Å². The Bertz CT molecular complexity index is 698. The van der Waals surface area contributed by atoms with E-state index in [4.69, 9.17) is 0 Å². The predicted molar refractivity (Wildman–Crippen MR) is 95.5 cm³/mol. The van der Waals surface area contributed by atoms with Gasteiger partial charge >= 0.3 is 0 Å². The van der Waals surface area contributed by atoms with E-state index in [0.717, 1.165) is 18.4 Å². The maximum atomic E-state index is 14.4. The average Bonchev–Trinajstić information content (AvgIpc) is 3.37. The van der Waals surface area contributed by atoms with E-state index in [2.05, 4.69) is 9.71 Å². The van der Waals surface area contributed by atoms with E-state index in [9.17, 15) is 8.94 Å². The van der Waals surface area contributed by atoms with Crippen LogP contribution in [0.25, 0.3) is 0 Å². The van der Waals surface area contributed by atoms with Gasteiger partial charge in [0.25, 0.3) is 0 Å². The van der Waals surface area contributed by atoms with Crippen molar-refractivity contribution < 1.29 is 8.94 Å². The van der Waals surface area contributed by atoms with E-state index < -0.39 is 28.1 Å². The van der Waals surface area contributed by atoms with Gasteiger partial charge in [-0.05, 0) is 51.2 Å². The number of rotatable bonds is 5. The molecule has 1 fully saturated rings. The van der Waals surface area contributed by atoms with Crippen molar-refractivity contribution in [2.75, 3.05) is 0 Å². The van der Waals surface area contributed by atoms with Crippen molar-refractivity contribution in [3.05, 3.63) is 65.2 Å². The van der Waals surface area contributed by atoms with Gasteiger partial charge in [-0.1, -0.05) is 36.4 Å². The molecule has 1 aliphatic rings. The van der Waals surface area contributed by atoms with Crippen molar-refractivity contribution in [3.63, 3.8) is 0 Å². The van der Waals surface area contributed by atoms with Crippen molar-refractivity contribution in [1.82, 2.24) is 9.71 Å². The number of pyridine rings is 1. The van der Waals surface area contributed by atoms with Crippen molar-refractivity contribution >= 4 is 11.4 Å². The third-order valence-electron chi connectivity index (χ3n) is 4.13. The molecule has 0 saturated heterocycles. The Morgan fingerprint density at radius 3 is 2.38 bits per heavy atom. The van der Waals surface area contributed by atoms with Gasteiger partial charge in [0.05, 0.1) is 5.69 Å². The summed E-state index contributed by atoms with van der Waals surface area (Å²) in [6, 6.07) is 12.9. The highest BCUT2D eigenvalue weighted by Gasteiger charge is 2.32. The smallest absolute Gasteiger partial charge is 0.216 e. The minimum absolute atomic E-state index is 0.318. The quantitative estimate of drug-likeness (QED) is 0.651. The Morgan fingerprint density at radius 2 is 1.83 bits per heavy atom. The van der Waals surface area contributed by atoms with Crippen molar-refractivity contribution in [3.8, 4) is 0 Å². The number of halogens is 1. The highest BCUT2D eigenvalue weighted by molar-refractivity contribution is 7.90. The zero-order valence-corrected chi connectivity index (χ0v) is 15.1. The van der Waals surface area contributed by atoms with E-state index in [1.54, 1.807) is 0 Å². The Labute approximate surface area is 146 Å². The van der Waals surface area contributed by atoms with E-state index in [0.29, 0.717) is 17.2 Å². The van der Waals surface area contributed by atoms with Crippen LogP contribution in [0, 0.1) is 5.95 Å². The molecule has 3 rings (SSSR count). The molecule has 0 bridgehead atoms. The molecule has 1 aromatic heterocycles. The Hall–Kier alpha value is -1.43. The Kier molecular flexibility index (Phi) is 4.95. The maximum absolute atomic E-state index is 14.4. The molecule has 1 heterocycles. The fourth-order valence-corrected chi connectivity index (χ4v) is 3.37. The lowest BCUT2D eigenvalue weighted by molar-refractivity contribution is 0.525. The molecule has 1 saturated carbocycles. The molecule has 24 heavy (non-hydrogen) atoms. The molecule has 0 spiro atoms. The van der Waals surface area contributed by atoms with Gasteiger partial charge in [0.15, 0.2) is 0 Å². The molecular weight excluding hydrogens is 323 g/mol. The standard InChI is InChI=1S/C19H23FN2OS/c1-19(2,3)24(23)22-17(14-7-5-4-6-8-14)16-12-11-15(13-9-10-13)18(20)21-16/h4-8,11-13,17,22H,9-10H2,1-3H3/t17?,24-/m0/s1. The lowest BCUT2D eigenvalue weighted by atomic mass is 10.0. The second kappa shape index (κ2) is 6.82. The van der Waals surface area contributed by atoms with Gasteiger partial charge in [0.2, 0.25) is 5.95 Å². The van der Waals surface area contributed by atoms with Gasteiger partial charge in [-0.15, -0.1) is 4.72 Å². The highest BCUT2D eigenvalue weighted by atomic mass is 32.2. The minimum Gasteiger partial charge on any atom is -0.598 e. The van der Waals surface area contributed by atoms with E-state index in [1.165, 1.54) is 0 Å². The summed E-state index contributed by atoms with van der Waals surface area (Å²) in [5.41, 5.74) is 2.17. The fraction of sp³-hybridized carbons (Fsp3) is 0.421. The van der Waals surface area contributed by atoms with Gasteiger partial charge in [-0.3, -0.25) is 0 Å². The average molecular weight is 346 g/mol. The molecule has 0 radical (unpaired) electrons. The Balaban J connectivity index is 1.93. The first-order valence-corrected chi connectivity index (χ1v) is 9.40. The van der Waals surface area contributed by atoms with Crippen LogP contribution in [0.2, 0.25) is 0 Å². The lowest BCUT2D eigenvalue weighted by Gasteiger charge is -2.28. The monoisotopic (exact) mass is 346 g/mol. The molecule has 128 valence electrons. The Morgan fingerprint density at radius 1 is 1.17 bits per heavy atom. The van der Waals surface area contributed by atoms with Crippen molar-refractivity contribution in [1.29, 1.82) is 0 Å². The summed E-state index contributed by atoms with van der Waals surface area (Å²) in [5.74, 6) is -0.0855. The summed E-state index contributed by atoms with van der Waals surface area (Å²) in [7, 11) is 0. The first kappa shape index (κ1) is 17.4. The maximum Gasteiger partial charge on any atom is 0.216 e. The van der Waals surface area contributed by atoms with Crippen LogP contribution in [0.3, 0.4) is 0 Å². The topological polar surface area (TPSA) is 48.0 Å². The number of nitrogens with one attached hydrogen (secondary N) is 1. The summed E-state index contributed by atoms with van der Waals surface area (Å²) in [4.78, 5) is 4.18. The fourth-order valence-electron chi connectivity index (χ4n) is 2.55. The molecule has 0 aliphatic heterocycles. The van der Waals surface area contributed by atoms with E-state index in [-0.39, 0.29) is 0 Å². The van der Waals surface area contributed by atoms with Crippen LogP contribution in [-0.4, -0.2) is 14.3 Å². The van der Waals surface area contributed by atoms with E-state index >= 15 is 0 Å². The second-order valence-corrected chi connectivity index (χ2v) is 9.23. The minimum atomic E-state index is -1.29. The van der Waals surface area contributed by atoms with Crippen LogP contribution in [0.15, 0.2) is 42.5 Å². The van der Waals surface area contributed by atoms with Crippen molar-refractivity contribution in [2.45, 2.75) is 50.3 Å². The number of hydrogen-bond donors (Lipinski definition) is 1. The predicted octanol–water partition coefficient (Wildman–Crippen LogP) is 4.24. The molecule has 1 N–H and O–H groups in total. The van der Waals surface area contributed by atoms with Crippen LogP contribution in [0.1, 0.15) is 62.4 Å². The lowest BCUT2D eigenvalue weighted by Crippen LogP contribution is -2.41. The van der Waals surface area contributed by atoms with Crippen LogP contribution < -0.4 is 4.72 Å². The first-order valence-electron chi connectivity index (χ1n) is 8.25. The van der Waals surface area contributed by atoms with Crippen LogP contribution >= 0.6 is 0 Å². The van der Waals surface area contributed by atoms with Gasteiger partial charge in [-0.25, -0.2) is 4.98 Å². The highest BCUT2D eigenvalue weighted by Crippen LogP contribution is 2.41. The third-order valence-corrected chi connectivity index (χ3v) is 5.69. The first-order chi connectivity index (χ1) is 11.4. The molecule has 2 atom stereocenters. The largest absolute Gasteiger partial charge is 0.598 e. The number of nitrogens with zero attached hydrogens (tertiary/aromatic N) is 1. The SMILES string of the molecule is CC(C)(C)[S@+]([O-])NC(c1ccccc1)c1ccc(C2CC2)c(F)n1. The third kappa shape index (κ3) is 3.97. The van der Waals surface area contributed by atoms with Crippen LogP contribution in [0.5, 0.6) is 0 Å². The molecule has 2 aromatic rings. The van der Waals surface area contributed by atoms with Gasteiger partial charge in [0, 0.05) is 16.9 Å². The van der Waals surface area contributed by atoms with Gasteiger partial charge < -0.3 is 4.55 Å². The summed E-state index contributed by atoms with van der Waals surface area (Å²) in [6.45, 7) is 5.72. The zero-order valence-electron chi connectivity index (χ0n) is 14.3. The number of aromatic nitrogens is 1. The van der Waals surface area contributed by atoms with Gasteiger partial charge in [0.1, 0.15) is 10.8 Å². The normalized spacial score (nSPS) is 17.5. The molecule has 1 unspecified atom stereocenters. The summed E-state index contributed by atoms with van der Waals surface area (Å²) in [5, 5.41) is 0. The zero-order chi connectivity index (χ0) is 17.3. The van der Waals surface area contributed by atoms with Crippen LogP contribution in [0.4, 0.5) is 4.39 Å². The van der Waals surface area contributed by atoms with Crippen LogP contribution in [-0.2, 0) is 11.4 Å². The van der Waals surface area contributed by atoms with Gasteiger partial charge in [-0.2, -0.15) is 4.39 Å². The summed E-state index contributed by atoms with van der Waals surface area (Å²) in [6.07, 6.45) is 2.07. The van der Waals surface area contributed by atoms with E-state index in [1.807, 2.05) is 63.2 Å². The summed E-state index contributed by atoms with van der Waals surface area (Å²) >= 11 is -1.29. The number of benzene rings is 1. The summed E-state index contributed by atoms with van der Waals surface area (Å²) < 4.78 is 29.7. The number of hydrogen-bond acceptors (Lipinski definition) is 3. The molecule has 5 heteroatoms. The molecular formula is C19H23FN2OS. The molecule has 3 nitrogen and oxygen atoms in total. The molecule has 0 amide bonds. The molecule has 1 aliphatic carbocycles. The molecule has 1 aromatic carbocycles. The second-order valence-electron chi connectivity index (χ2n) is 7.23.